The second kappa shape index (κ2) is 3.16. The van der Waals surface area contributed by atoms with Gasteiger partial charge in [-0.15, -0.1) is 0 Å². The number of epoxide rings is 1. The quantitative estimate of drug-likeness (QED) is 0.572. The number of ether oxygens (including phenoxy) is 1. The number of fused-ring (bicyclic) bond motifs is 3. The van der Waals surface area contributed by atoms with Crippen molar-refractivity contribution in [2.24, 2.45) is 16.7 Å². The van der Waals surface area contributed by atoms with E-state index in [1.54, 1.807) is 0 Å². The van der Waals surface area contributed by atoms with Gasteiger partial charge in [-0.25, -0.2) is 4.79 Å². The van der Waals surface area contributed by atoms with Gasteiger partial charge >= 0.3 is 5.97 Å². The van der Waals surface area contributed by atoms with Gasteiger partial charge in [-0.05, 0) is 24.2 Å². The first kappa shape index (κ1) is 12.2. The van der Waals surface area contributed by atoms with Crippen LogP contribution in [-0.2, 0) is 14.3 Å². The molecule has 0 unspecified atom stereocenters. The third kappa shape index (κ3) is 1.20. The maximum Gasteiger partial charge on any atom is 0.346 e. The van der Waals surface area contributed by atoms with E-state index in [9.17, 15) is 14.7 Å². The van der Waals surface area contributed by atoms with Crippen LogP contribution >= 0.6 is 0 Å². The van der Waals surface area contributed by atoms with Crippen molar-refractivity contribution in [1.82, 2.24) is 0 Å². The lowest BCUT2D eigenvalue weighted by atomic mass is 9.50. The molecule has 0 radical (unpaired) electrons. The summed E-state index contributed by atoms with van der Waals surface area (Å²) >= 11 is 0. The maximum absolute atomic E-state index is 12.2. The average Bonchev–Trinajstić information content (AvgIpc) is 2.99. The molecule has 3 rings (SSSR count). The van der Waals surface area contributed by atoms with Gasteiger partial charge in [0.1, 0.15) is 6.10 Å². The fourth-order valence-corrected chi connectivity index (χ4v) is 4.57. The van der Waals surface area contributed by atoms with E-state index in [-0.39, 0.29) is 22.5 Å². The van der Waals surface area contributed by atoms with E-state index in [1.807, 2.05) is 0 Å². The van der Waals surface area contributed by atoms with Crippen LogP contribution in [0.2, 0.25) is 0 Å². The highest BCUT2D eigenvalue weighted by Gasteiger charge is 2.79. The zero-order chi connectivity index (χ0) is 13.3. The molecule has 0 bridgehead atoms. The number of hydrogen-bond acceptors (Lipinski definition) is 3. The van der Waals surface area contributed by atoms with Crippen molar-refractivity contribution in [3.05, 3.63) is 0 Å². The van der Waals surface area contributed by atoms with Crippen LogP contribution in [0.15, 0.2) is 0 Å². The minimum Gasteiger partial charge on any atom is -0.479 e. The molecular weight excluding hydrogens is 232 g/mol. The second-order valence-corrected chi connectivity index (χ2v) is 7.07. The number of ketones is 1. The number of carbonyl (C=O) groups excluding carboxylic acids is 1. The van der Waals surface area contributed by atoms with Crippen LogP contribution in [0.1, 0.15) is 46.5 Å². The molecule has 0 amide bonds. The number of Topliss-reactive ketones (excluding diaryl/α,β-unsaturated/α-hetero) is 1. The Balaban J connectivity index is 2.02. The Bertz CT molecular complexity index is 441. The number of hydrogen-bond donors (Lipinski definition) is 1. The van der Waals surface area contributed by atoms with Crippen LogP contribution in [0, 0.1) is 16.7 Å². The number of rotatable bonds is 1. The molecule has 100 valence electrons. The molecule has 1 saturated heterocycles. The molecule has 4 heteroatoms. The third-order valence-corrected chi connectivity index (χ3v) is 5.61. The van der Waals surface area contributed by atoms with Crippen molar-refractivity contribution in [3.8, 4) is 0 Å². The number of carboxylic acids is 1. The van der Waals surface area contributed by atoms with Gasteiger partial charge in [0.15, 0.2) is 5.78 Å². The molecule has 1 N–H and O–H groups in total. The van der Waals surface area contributed by atoms with Gasteiger partial charge in [0.05, 0.1) is 0 Å². The first-order valence-corrected chi connectivity index (χ1v) is 6.70. The van der Waals surface area contributed by atoms with Crippen molar-refractivity contribution >= 4 is 11.8 Å². The molecule has 4 atom stereocenters. The Morgan fingerprint density at radius 3 is 2.61 bits per heavy atom. The van der Waals surface area contributed by atoms with Crippen molar-refractivity contribution in [2.75, 3.05) is 0 Å². The predicted molar refractivity (Wildman–Crippen MR) is 64.1 cm³/mol. The summed E-state index contributed by atoms with van der Waals surface area (Å²) in [5.41, 5.74) is -1.56. The highest BCUT2D eigenvalue weighted by atomic mass is 16.6. The molecule has 0 aromatic carbocycles. The van der Waals surface area contributed by atoms with Crippen molar-refractivity contribution in [2.45, 2.75) is 58.2 Å². The molecule has 4 nitrogen and oxygen atoms in total. The van der Waals surface area contributed by atoms with Gasteiger partial charge in [0.25, 0.3) is 5.60 Å². The fourth-order valence-electron chi connectivity index (χ4n) is 4.57. The first-order valence-electron chi connectivity index (χ1n) is 6.70. The molecule has 0 aromatic rings. The van der Waals surface area contributed by atoms with Crippen LogP contribution in [-0.4, -0.2) is 28.6 Å². The smallest absolute Gasteiger partial charge is 0.346 e. The van der Waals surface area contributed by atoms with Crippen molar-refractivity contribution < 1.29 is 19.4 Å². The van der Waals surface area contributed by atoms with Gasteiger partial charge in [0.2, 0.25) is 0 Å². The summed E-state index contributed by atoms with van der Waals surface area (Å²) in [6.45, 7) is 6.50. The zero-order valence-corrected chi connectivity index (χ0v) is 11.2. The van der Waals surface area contributed by atoms with Gasteiger partial charge in [0, 0.05) is 11.8 Å². The lowest BCUT2D eigenvalue weighted by Gasteiger charge is -2.52. The third-order valence-electron chi connectivity index (χ3n) is 5.61. The average molecular weight is 252 g/mol. The summed E-state index contributed by atoms with van der Waals surface area (Å²) in [6.07, 6.45) is 3.10. The monoisotopic (exact) mass is 252 g/mol. The molecule has 0 spiro atoms. The molecule has 3 aliphatic rings. The number of carboxylic acid groups (broad SMARTS) is 1. The molecule has 1 heterocycles. The fraction of sp³-hybridized carbons (Fsp3) is 0.857. The van der Waals surface area contributed by atoms with E-state index in [2.05, 4.69) is 20.8 Å². The molecule has 18 heavy (non-hydrogen) atoms. The topological polar surface area (TPSA) is 66.9 Å². The van der Waals surface area contributed by atoms with Crippen LogP contribution in [0.4, 0.5) is 0 Å². The normalized spacial score (nSPS) is 49.2. The molecule has 1 aliphatic heterocycles. The Morgan fingerprint density at radius 1 is 1.33 bits per heavy atom. The standard InChI is InChI=1S/C14H20O4/c1-12(2)5-4-6-13(3)8(12)7-9(15)14(11(16)17)10(13)18-14/h8,10H,4-7H2,1-3H3,(H,16,17)/t8-,10+,13-,14-/m0/s1. The lowest BCUT2D eigenvalue weighted by molar-refractivity contribution is -0.151. The Hall–Kier alpha value is -0.900. The Kier molecular flexibility index (Phi) is 2.13. The molecule has 0 aromatic heterocycles. The van der Waals surface area contributed by atoms with E-state index >= 15 is 0 Å². The van der Waals surface area contributed by atoms with E-state index in [4.69, 9.17) is 4.74 Å². The summed E-state index contributed by atoms with van der Waals surface area (Å²) in [5, 5.41) is 9.30. The highest BCUT2D eigenvalue weighted by molar-refractivity contribution is 6.11. The molecular formula is C14H20O4. The van der Waals surface area contributed by atoms with Gasteiger partial charge in [-0.1, -0.05) is 27.2 Å². The number of carbonyl (C=O) groups is 2. The van der Waals surface area contributed by atoms with E-state index in [1.165, 1.54) is 0 Å². The summed E-state index contributed by atoms with van der Waals surface area (Å²) in [4.78, 5) is 23.5. The van der Waals surface area contributed by atoms with Crippen LogP contribution < -0.4 is 0 Å². The summed E-state index contributed by atoms with van der Waals surface area (Å²) in [6, 6.07) is 0. The summed E-state index contributed by atoms with van der Waals surface area (Å²) in [5.74, 6) is -1.08. The SMILES string of the molecule is CC1(C)CCC[C@@]2(C)[C@H]1CC(=O)[C@]1(C(=O)O)O[C@@H]12. The van der Waals surface area contributed by atoms with Gasteiger partial charge in [-0.3, -0.25) is 4.79 Å². The van der Waals surface area contributed by atoms with Gasteiger partial charge in [-0.2, -0.15) is 0 Å². The Labute approximate surface area is 107 Å². The Morgan fingerprint density at radius 2 is 2.00 bits per heavy atom. The van der Waals surface area contributed by atoms with Crippen LogP contribution in [0.5, 0.6) is 0 Å². The second-order valence-electron chi connectivity index (χ2n) is 7.07. The van der Waals surface area contributed by atoms with Crippen molar-refractivity contribution in [1.29, 1.82) is 0 Å². The highest BCUT2D eigenvalue weighted by Crippen LogP contribution is 2.65. The largest absolute Gasteiger partial charge is 0.479 e. The van der Waals surface area contributed by atoms with E-state index in [0.717, 1.165) is 19.3 Å². The first-order chi connectivity index (χ1) is 8.25. The zero-order valence-electron chi connectivity index (χ0n) is 11.2. The van der Waals surface area contributed by atoms with Crippen LogP contribution in [0.3, 0.4) is 0 Å². The molecule has 2 saturated carbocycles. The van der Waals surface area contributed by atoms with Gasteiger partial charge < -0.3 is 9.84 Å². The van der Waals surface area contributed by atoms with E-state index in [0.29, 0.717) is 6.42 Å². The molecule has 2 aliphatic carbocycles. The summed E-state index contributed by atoms with van der Waals surface area (Å²) in [7, 11) is 0. The minimum absolute atomic E-state index is 0.0965. The predicted octanol–water partition coefficient (Wildman–Crippen LogP) is 2.01. The van der Waals surface area contributed by atoms with E-state index < -0.39 is 17.7 Å². The maximum atomic E-state index is 12.2. The summed E-state index contributed by atoms with van der Waals surface area (Å²) < 4.78 is 5.46. The lowest BCUT2D eigenvalue weighted by Crippen LogP contribution is -2.55. The van der Waals surface area contributed by atoms with Crippen molar-refractivity contribution in [3.63, 3.8) is 0 Å². The van der Waals surface area contributed by atoms with Crippen LogP contribution in [0.25, 0.3) is 0 Å². The number of aliphatic carboxylic acids is 1. The molecule has 3 fully saturated rings. The minimum atomic E-state index is -1.50.